The zero-order valence-corrected chi connectivity index (χ0v) is 14.9. The van der Waals surface area contributed by atoms with Gasteiger partial charge < -0.3 is 16.4 Å². The van der Waals surface area contributed by atoms with E-state index in [4.69, 9.17) is 5.73 Å². The number of hydrogen-bond acceptors (Lipinski definition) is 3. The van der Waals surface area contributed by atoms with Gasteiger partial charge in [0, 0.05) is 23.1 Å². The van der Waals surface area contributed by atoms with E-state index in [1.165, 1.54) is 0 Å². The number of hydrogen-bond donors (Lipinski definition) is 3. The fourth-order valence-corrected chi connectivity index (χ4v) is 2.43. The summed E-state index contributed by atoms with van der Waals surface area (Å²) in [5.74, 6) is -0.364. The standard InChI is InChI=1S/C16H24BrN3O2/c1-4-8-16(3,18)15(22)19-9-7-14(21)20-13-10-12(17)6-5-11(13)2/h5-6,10H,4,7-9,18H2,1-3H3,(H,19,22)(H,20,21). The second-order valence-electron chi connectivity index (χ2n) is 5.68. The van der Waals surface area contributed by atoms with Crippen LogP contribution < -0.4 is 16.4 Å². The van der Waals surface area contributed by atoms with Crippen LogP contribution in [-0.4, -0.2) is 23.9 Å². The number of benzene rings is 1. The molecule has 0 radical (unpaired) electrons. The molecule has 5 nitrogen and oxygen atoms in total. The Balaban J connectivity index is 2.44. The van der Waals surface area contributed by atoms with Gasteiger partial charge in [-0.25, -0.2) is 0 Å². The van der Waals surface area contributed by atoms with Gasteiger partial charge in [0.05, 0.1) is 5.54 Å². The minimum absolute atomic E-state index is 0.143. The number of carbonyl (C=O) groups is 2. The Labute approximate surface area is 140 Å². The lowest BCUT2D eigenvalue weighted by Crippen LogP contribution is -2.51. The molecule has 0 aliphatic heterocycles. The first-order valence-electron chi connectivity index (χ1n) is 7.39. The smallest absolute Gasteiger partial charge is 0.239 e. The van der Waals surface area contributed by atoms with E-state index in [-0.39, 0.29) is 24.8 Å². The third-order valence-corrected chi connectivity index (χ3v) is 3.89. The summed E-state index contributed by atoms with van der Waals surface area (Å²) in [7, 11) is 0. The summed E-state index contributed by atoms with van der Waals surface area (Å²) in [6.45, 7) is 5.88. The first-order valence-corrected chi connectivity index (χ1v) is 8.18. The second kappa shape index (κ2) is 8.29. The third kappa shape index (κ3) is 5.77. The minimum atomic E-state index is -0.883. The van der Waals surface area contributed by atoms with E-state index >= 15 is 0 Å². The molecule has 0 spiro atoms. The van der Waals surface area contributed by atoms with E-state index in [1.807, 2.05) is 32.0 Å². The van der Waals surface area contributed by atoms with Crippen LogP contribution in [0, 0.1) is 6.92 Å². The van der Waals surface area contributed by atoms with Gasteiger partial charge in [0.15, 0.2) is 0 Å². The maximum atomic E-state index is 11.9. The summed E-state index contributed by atoms with van der Waals surface area (Å²) in [6.07, 6.45) is 1.66. The van der Waals surface area contributed by atoms with Gasteiger partial charge in [-0.1, -0.05) is 35.3 Å². The second-order valence-corrected chi connectivity index (χ2v) is 6.60. The highest BCUT2D eigenvalue weighted by Crippen LogP contribution is 2.20. The molecular formula is C16H24BrN3O2. The van der Waals surface area contributed by atoms with Gasteiger partial charge >= 0.3 is 0 Å². The highest BCUT2D eigenvalue weighted by molar-refractivity contribution is 9.10. The first kappa shape index (κ1) is 18.6. The van der Waals surface area contributed by atoms with Crippen molar-refractivity contribution >= 4 is 33.4 Å². The Morgan fingerprint density at radius 2 is 2.05 bits per heavy atom. The molecule has 1 atom stereocenters. The fraction of sp³-hybridized carbons (Fsp3) is 0.500. The van der Waals surface area contributed by atoms with Crippen molar-refractivity contribution in [2.45, 2.75) is 45.6 Å². The average Bonchev–Trinajstić information content (AvgIpc) is 2.42. The van der Waals surface area contributed by atoms with Crippen molar-refractivity contribution in [2.24, 2.45) is 5.73 Å². The zero-order valence-electron chi connectivity index (χ0n) is 13.3. The number of nitrogens with one attached hydrogen (secondary N) is 2. The molecule has 0 bridgehead atoms. The van der Waals surface area contributed by atoms with Crippen molar-refractivity contribution in [1.29, 1.82) is 0 Å². The molecule has 0 saturated heterocycles. The molecule has 4 N–H and O–H groups in total. The SMILES string of the molecule is CCCC(C)(N)C(=O)NCCC(=O)Nc1cc(Br)ccc1C. The Morgan fingerprint density at radius 1 is 1.36 bits per heavy atom. The van der Waals surface area contributed by atoms with Gasteiger partial charge in [-0.15, -0.1) is 0 Å². The van der Waals surface area contributed by atoms with Crippen LogP contribution in [0.4, 0.5) is 5.69 Å². The van der Waals surface area contributed by atoms with E-state index < -0.39 is 5.54 Å². The van der Waals surface area contributed by atoms with E-state index in [0.717, 1.165) is 22.1 Å². The first-order chi connectivity index (χ1) is 10.3. The molecule has 0 fully saturated rings. The van der Waals surface area contributed by atoms with Crippen LogP contribution in [0.1, 0.15) is 38.7 Å². The summed E-state index contributed by atoms with van der Waals surface area (Å²) in [4.78, 5) is 23.8. The highest BCUT2D eigenvalue weighted by atomic mass is 79.9. The number of rotatable bonds is 7. The number of halogens is 1. The van der Waals surface area contributed by atoms with Crippen molar-refractivity contribution in [3.63, 3.8) is 0 Å². The van der Waals surface area contributed by atoms with Gasteiger partial charge in [0.25, 0.3) is 0 Å². The summed E-state index contributed by atoms with van der Waals surface area (Å²) in [6, 6.07) is 5.69. The van der Waals surface area contributed by atoms with Crippen molar-refractivity contribution in [1.82, 2.24) is 5.32 Å². The van der Waals surface area contributed by atoms with Crippen LogP contribution in [0.25, 0.3) is 0 Å². The highest BCUT2D eigenvalue weighted by Gasteiger charge is 2.26. The van der Waals surface area contributed by atoms with E-state index in [1.54, 1.807) is 6.92 Å². The van der Waals surface area contributed by atoms with Crippen LogP contribution >= 0.6 is 15.9 Å². The number of carbonyl (C=O) groups excluding carboxylic acids is 2. The van der Waals surface area contributed by atoms with Gasteiger partial charge in [-0.3, -0.25) is 9.59 Å². The number of anilines is 1. The van der Waals surface area contributed by atoms with Crippen molar-refractivity contribution < 1.29 is 9.59 Å². The van der Waals surface area contributed by atoms with Crippen LogP contribution in [0.5, 0.6) is 0 Å². The minimum Gasteiger partial charge on any atom is -0.354 e. The summed E-state index contributed by atoms with van der Waals surface area (Å²) < 4.78 is 0.903. The lowest BCUT2D eigenvalue weighted by Gasteiger charge is -2.22. The Hall–Kier alpha value is -1.40. The number of nitrogens with two attached hydrogens (primary N) is 1. The number of amides is 2. The molecule has 1 aromatic carbocycles. The van der Waals surface area contributed by atoms with Gasteiger partial charge in [-0.05, 0) is 38.0 Å². The van der Waals surface area contributed by atoms with E-state index in [0.29, 0.717) is 6.42 Å². The normalized spacial score (nSPS) is 13.3. The van der Waals surface area contributed by atoms with Gasteiger partial charge in [-0.2, -0.15) is 0 Å². The maximum Gasteiger partial charge on any atom is 0.239 e. The molecule has 0 aromatic heterocycles. The lowest BCUT2D eigenvalue weighted by molar-refractivity contribution is -0.126. The van der Waals surface area contributed by atoms with Gasteiger partial charge in [0.2, 0.25) is 11.8 Å². The average molecular weight is 370 g/mol. The lowest BCUT2D eigenvalue weighted by atomic mass is 9.96. The Kier molecular flexibility index (Phi) is 7.03. The molecule has 122 valence electrons. The topological polar surface area (TPSA) is 84.2 Å². The van der Waals surface area contributed by atoms with Crippen LogP contribution in [0.3, 0.4) is 0 Å². The summed E-state index contributed by atoms with van der Waals surface area (Å²) in [5.41, 5.74) is 6.80. The molecule has 1 aromatic rings. The van der Waals surface area contributed by atoms with Crippen LogP contribution in [-0.2, 0) is 9.59 Å². The molecular weight excluding hydrogens is 346 g/mol. The molecule has 22 heavy (non-hydrogen) atoms. The molecule has 2 amide bonds. The fourth-order valence-electron chi connectivity index (χ4n) is 2.07. The van der Waals surface area contributed by atoms with Crippen molar-refractivity contribution in [3.8, 4) is 0 Å². The number of aryl methyl sites for hydroxylation is 1. The molecule has 1 unspecified atom stereocenters. The maximum absolute atomic E-state index is 11.9. The largest absolute Gasteiger partial charge is 0.354 e. The van der Waals surface area contributed by atoms with E-state index in [9.17, 15) is 9.59 Å². The third-order valence-electron chi connectivity index (χ3n) is 3.40. The molecule has 6 heteroatoms. The monoisotopic (exact) mass is 369 g/mol. The van der Waals surface area contributed by atoms with Crippen molar-refractivity contribution in [3.05, 3.63) is 28.2 Å². The van der Waals surface area contributed by atoms with Gasteiger partial charge in [0.1, 0.15) is 0 Å². The van der Waals surface area contributed by atoms with E-state index in [2.05, 4.69) is 26.6 Å². The molecule has 1 rings (SSSR count). The molecule has 0 heterocycles. The summed E-state index contributed by atoms with van der Waals surface area (Å²) in [5, 5.41) is 5.55. The molecule has 0 saturated carbocycles. The van der Waals surface area contributed by atoms with Crippen molar-refractivity contribution in [2.75, 3.05) is 11.9 Å². The predicted octanol–water partition coefficient (Wildman–Crippen LogP) is 2.72. The Bertz CT molecular complexity index is 544. The van der Waals surface area contributed by atoms with Crippen LogP contribution in [0.2, 0.25) is 0 Å². The molecule has 0 aliphatic rings. The Morgan fingerprint density at radius 3 is 2.68 bits per heavy atom. The quantitative estimate of drug-likeness (QED) is 0.690. The zero-order chi connectivity index (χ0) is 16.8. The molecule has 0 aliphatic carbocycles. The summed E-state index contributed by atoms with van der Waals surface area (Å²) >= 11 is 3.37. The predicted molar refractivity (Wildman–Crippen MR) is 92.6 cm³/mol. The van der Waals surface area contributed by atoms with Crippen LogP contribution in [0.15, 0.2) is 22.7 Å².